The molecule has 0 bridgehead atoms. The number of benzene rings is 2. The van der Waals surface area contributed by atoms with Gasteiger partial charge in [-0.15, -0.1) is 0 Å². The van der Waals surface area contributed by atoms with Gasteiger partial charge in [-0.3, -0.25) is 0 Å². The van der Waals surface area contributed by atoms with E-state index in [4.69, 9.17) is 4.74 Å². The van der Waals surface area contributed by atoms with Crippen LogP contribution in [-0.4, -0.2) is 14.2 Å². The molecule has 0 radical (unpaired) electrons. The molecule has 0 spiro atoms. The fraction of sp³-hybridized carbons (Fsp3) is 0.250. The van der Waals surface area contributed by atoms with Crippen LogP contribution in [0, 0.1) is 17.5 Å². The van der Waals surface area contributed by atoms with Gasteiger partial charge >= 0.3 is 0 Å². The Balaban J connectivity index is 2.61. The zero-order valence-corrected chi connectivity index (χ0v) is 12.0. The van der Waals surface area contributed by atoms with Gasteiger partial charge in [-0.05, 0) is 31.7 Å². The Morgan fingerprint density at radius 1 is 1.00 bits per heavy atom. The second-order valence-electron chi connectivity index (χ2n) is 4.72. The lowest BCUT2D eigenvalue weighted by Crippen LogP contribution is -2.12. The Bertz CT molecular complexity index is 635. The topological polar surface area (TPSA) is 21.3 Å². The van der Waals surface area contributed by atoms with Crippen LogP contribution in [-0.2, 0) is 0 Å². The van der Waals surface area contributed by atoms with E-state index in [1.807, 2.05) is 6.92 Å². The smallest absolute Gasteiger partial charge is 0.137 e. The summed E-state index contributed by atoms with van der Waals surface area (Å²) in [6.45, 7) is 1.87. The lowest BCUT2D eigenvalue weighted by molar-refractivity contribution is 0.407. The third-order valence-electron chi connectivity index (χ3n) is 3.44. The molecule has 0 aliphatic heterocycles. The highest BCUT2D eigenvalue weighted by molar-refractivity contribution is 5.67. The number of ether oxygens (including phenoxy) is 1. The van der Waals surface area contributed by atoms with Crippen molar-refractivity contribution in [1.82, 2.24) is 5.32 Å². The van der Waals surface area contributed by atoms with E-state index in [0.29, 0.717) is 0 Å². The standard InChI is InChI=1S/C16H16F3NO/c1-9(20-2)10-4-5-13(17)12(6-10)16-14(18)7-11(21-3)8-15(16)19/h4-9,20H,1-3H3. The van der Waals surface area contributed by atoms with E-state index in [1.54, 1.807) is 13.1 Å². The molecule has 0 fully saturated rings. The van der Waals surface area contributed by atoms with Crippen molar-refractivity contribution >= 4 is 0 Å². The van der Waals surface area contributed by atoms with Crippen molar-refractivity contribution in [3.63, 3.8) is 0 Å². The minimum absolute atomic E-state index is 0.0499. The van der Waals surface area contributed by atoms with Gasteiger partial charge in [0.2, 0.25) is 0 Å². The van der Waals surface area contributed by atoms with Gasteiger partial charge in [-0.2, -0.15) is 0 Å². The molecule has 0 heterocycles. The van der Waals surface area contributed by atoms with Gasteiger partial charge in [0.1, 0.15) is 23.2 Å². The Hall–Kier alpha value is -2.01. The molecule has 2 aromatic rings. The first-order valence-corrected chi connectivity index (χ1v) is 6.48. The van der Waals surface area contributed by atoms with Crippen LogP contribution in [0.25, 0.3) is 11.1 Å². The number of methoxy groups -OCH3 is 1. The van der Waals surface area contributed by atoms with E-state index in [9.17, 15) is 13.2 Å². The lowest BCUT2D eigenvalue weighted by Gasteiger charge is -2.14. The molecule has 0 aromatic heterocycles. The van der Waals surface area contributed by atoms with Gasteiger partial charge in [-0.1, -0.05) is 6.07 Å². The van der Waals surface area contributed by atoms with E-state index in [2.05, 4.69) is 5.32 Å². The predicted octanol–water partition coefficient (Wildman–Crippen LogP) is 4.06. The second kappa shape index (κ2) is 6.18. The van der Waals surface area contributed by atoms with Crippen molar-refractivity contribution < 1.29 is 17.9 Å². The average molecular weight is 295 g/mol. The largest absolute Gasteiger partial charge is 0.497 e. The highest BCUT2D eigenvalue weighted by Gasteiger charge is 2.18. The van der Waals surface area contributed by atoms with E-state index in [-0.39, 0.29) is 17.4 Å². The fourth-order valence-electron chi connectivity index (χ4n) is 2.10. The van der Waals surface area contributed by atoms with Crippen LogP contribution in [0.3, 0.4) is 0 Å². The zero-order valence-electron chi connectivity index (χ0n) is 12.0. The average Bonchev–Trinajstić information content (AvgIpc) is 2.47. The molecular formula is C16H16F3NO. The molecule has 112 valence electrons. The summed E-state index contributed by atoms with van der Waals surface area (Å²) >= 11 is 0. The molecule has 5 heteroatoms. The molecule has 2 aromatic carbocycles. The Morgan fingerprint density at radius 3 is 2.14 bits per heavy atom. The molecule has 1 unspecified atom stereocenters. The molecule has 2 nitrogen and oxygen atoms in total. The maximum Gasteiger partial charge on any atom is 0.137 e. The summed E-state index contributed by atoms with van der Waals surface area (Å²) in [5.74, 6) is -2.35. The normalized spacial score (nSPS) is 12.3. The quantitative estimate of drug-likeness (QED) is 0.918. The van der Waals surface area contributed by atoms with E-state index < -0.39 is 23.0 Å². The van der Waals surface area contributed by atoms with Crippen molar-refractivity contribution in [2.45, 2.75) is 13.0 Å². The number of rotatable bonds is 4. The molecule has 1 atom stereocenters. The molecule has 2 rings (SSSR count). The molecule has 21 heavy (non-hydrogen) atoms. The Kier molecular flexibility index (Phi) is 4.53. The third kappa shape index (κ3) is 3.03. The third-order valence-corrected chi connectivity index (χ3v) is 3.44. The number of nitrogens with one attached hydrogen (secondary N) is 1. The van der Waals surface area contributed by atoms with Gasteiger partial charge in [0.15, 0.2) is 0 Å². The first-order valence-electron chi connectivity index (χ1n) is 6.48. The number of halogens is 3. The highest BCUT2D eigenvalue weighted by Crippen LogP contribution is 2.33. The number of hydrogen-bond acceptors (Lipinski definition) is 2. The molecular weight excluding hydrogens is 279 g/mol. The first kappa shape index (κ1) is 15.4. The molecule has 0 aliphatic rings. The Labute approximate surface area is 121 Å². The highest BCUT2D eigenvalue weighted by atomic mass is 19.1. The molecule has 1 N–H and O–H groups in total. The van der Waals surface area contributed by atoms with Gasteiger partial charge in [0, 0.05) is 23.7 Å². The fourth-order valence-corrected chi connectivity index (χ4v) is 2.10. The second-order valence-corrected chi connectivity index (χ2v) is 4.72. The zero-order chi connectivity index (χ0) is 15.6. The summed E-state index contributed by atoms with van der Waals surface area (Å²) in [6, 6.07) is 6.25. The minimum atomic E-state index is -0.861. The van der Waals surface area contributed by atoms with E-state index in [1.165, 1.54) is 19.2 Å². The summed E-state index contributed by atoms with van der Waals surface area (Å²) in [5.41, 5.74) is 0.245. The van der Waals surface area contributed by atoms with Crippen LogP contribution in [0.15, 0.2) is 30.3 Å². The van der Waals surface area contributed by atoms with E-state index in [0.717, 1.165) is 17.7 Å². The summed E-state index contributed by atoms with van der Waals surface area (Å²) in [6.07, 6.45) is 0. The minimum Gasteiger partial charge on any atom is -0.497 e. The van der Waals surface area contributed by atoms with Gasteiger partial charge in [0.05, 0.1) is 12.7 Å². The summed E-state index contributed by atoms with van der Waals surface area (Å²) < 4.78 is 46.9. The molecule has 0 saturated carbocycles. The number of hydrogen-bond donors (Lipinski definition) is 1. The summed E-state index contributed by atoms with van der Waals surface area (Å²) in [7, 11) is 3.06. The monoisotopic (exact) mass is 295 g/mol. The van der Waals surface area contributed by atoms with Crippen LogP contribution in [0.5, 0.6) is 5.75 Å². The van der Waals surface area contributed by atoms with Crippen LogP contribution in [0.1, 0.15) is 18.5 Å². The summed E-state index contributed by atoms with van der Waals surface area (Å²) in [5, 5.41) is 3.00. The van der Waals surface area contributed by atoms with Crippen LogP contribution in [0.2, 0.25) is 0 Å². The molecule has 0 amide bonds. The van der Waals surface area contributed by atoms with E-state index >= 15 is 0 Å². The predicted molar refractivity (Wildman–Crippen MR) is 75.8 cm³/mol. The van der Waals surface area contributed by atoms with Crippen LogP contribution < -0.4 is 10.1 Å². The SMILES string of the molecule is CNC(C)c1ccc(F)c(-c2c(F)cc(OC)cc2F)c1. The van der Waals surface area contributed by atoms with Crippen molar-refractivity contribution in [2.24, 2.45) is 0 Å². The van der Waals surface area contributed by atoms with Gasteiger partial charge in [-0.25, -0.2) is 13.2 Å². The summed E-state index contributed by atoms with van der Waals surface area (Å²) in [4.78, 5) is 0. The maximum absolute atomic E-state index is 14.1. The van der Waals surface area contributed by atoms with Gasteiger partial charge < -0.3 is 10.1 Å². The van der Waals surface area contributed by atoms with Crippen molar-refractivity contribution in [2.75, 3.05) is 14.2 Å². The molecule has 0 saturated heterocycles. The Morgan fingerprint density at radius 2 is 1.62 bits per heavy atom. The van der Waals surface area contributed by atoms with Gasteiger partial charge in [0.25, 0.3) is 0 Å². The van der Waals surface area contributed by atoms with Crippen LogP contribution >= 0.6 is 0 Å². The van der Waals surface area contributed by atoms with Crippen LogP contribution in [0.4, 0.5) is 13.2 Å². The first-order chi connectivity index (χ1) is 9.97. The van der Waals surface area contributed by atoms with Crippen molar-refractivity contribution in [3.05, 3.63) is 53.3 Å². The van der Waals surface area contributed by atoms with Crippen molar-refractivity contribution in [3.8, 4) is 16.9 Å². The van der Waals surface area contributed by atoms with Crippen molar-refractivity contribution in [1.29, 1.82) is 0 Å². The molecule has 0 aliphatic carbocycles. The lowest BCUT2D eigenvalue weighted by atomic mass is 9.98. The maximum atomic E-state index is 14.1.